The van der Waals surface area contributed by atoms with Crippen molar-refractivity contribution >= 4 is 67.8 Å². The third kappa shape index (κ3) is 2.95. The van der Waals surface area contributed by atoms with Gasteiger partial charge in [0.1, 0.15) is 0 Å². The molecule has 0 bridgehead atoms. The van der Waals surface area contributed by atoms with Crippen molar-refractivity contribution in [2.75, 3.05) is 6.61 Å². The van der Waals surface area contributed by atoms with E-state index in [0.717, 1.165) is 0 Å². The maximum absolute atomic E-state index is 10.5. The Kier molecular flexibility index (Phi) is 5.05. The molecule has 0 aliphatic carbocycles. The summed E-state index contributed by atoms with van der Waals surface area (Å²) in [6.45, 7) is -0.0212. The molecule has 0 atom stereocenters. The van der Waals surface area contributed by atoms with E-state index in [1.54, 1.807) is 0 Å². The minimum absolute atomic E-state index is 0.0212. The van der Waals surface area contributed by atoms with Crippen LogP contribution in [0.2, 0.25) is 0 Å². The summed E-state index contributed by atoms with van der Waals surface area (Å²) < 4.78 is 3.65. The molecule has 1 rings (SSSR count). The molecule has 0 heterocycles. The fraction of sp³-hybridized carbons (Fsp3) is 0.250. The normalized spacial score (nSPS) is 10.3. The van der Waals surface area contributed by atoms with Crippen LogP contribution in [0.15, 0.2) is 12.1 Å². The third-order valence-electron chi connectivity index (χ3n) is 1.46. The number of hydrogen-bond acceptors (Lipinski definition) is 0. The number of rotatable bonds is 2. The SMILES string of the molecule is [O]CCc1c(I)cc(I)cc1I. The molecule has 0 N–H and O–H groups in total. The Morgan fingerprint density at radius 1 is 1.08 bits per heavy atom. The van der Waals surface area contributed by atoms with Crippen molar-refractivity contribution in [2.24, 2.45) is 0 Å². The van der Waals surface area contributed by atoms with Crippen LogP contribution < -0.4 is 0 Å². The van der Waals surface area contributed by atoms with Crippen LogP contribution in [0.1, 0.15) is 5.56 Å². The lowest BCUT2D eigenvalue weighted by Gasteiger charge is -2.05. The second-order valence-electron chi connectivity index (χ2n) is 2.30. The van der Waals surface area contributed by atoms with E-state index in [0.29, 0.717) is 6.42 Å². The highest BCUT2D eigenvalue weighted by Gasteiger charge is 2.05. The second kappa shape index (κ2) is 5.30. The first-order valence-electron chi connectivity index (χ1n) is 3.36. The van der Waals surface area contributed by atoms with E-state index in [1.807, 2.05) is 0 Å². The first-order valence-corrected chi connectivity index (χ1v) is 6.60. The van der Waals surface area contributed by atoms with Gasteiger partial charge in [0.05, 0.1) is 6.61 Å². The van der Waals surface area contributed by atoms with Gasteiger partial charge < -0.3 is 0 Å². The number of benzene rings is 1. The molecular weight excluding hydrogens is 493 g/mol. The highest BCUT2D eigenvalue weighted by atomic mass is 127. The minimum atomic E-state index is -0.0212. The van der Waals surface area contributed by atoms with Crippen molar-refractivity contribution < 1.29 is 5.11 Å². The predicted molar refractivity (Wildman–Crippen MR) is 73.9 cm³/mol. The Morgan fingerprint density at radius 3 is 2.00 bits per heavy atom. The van der Waals surface area contributed by atoms with Gasteiger partial charge in [0.2, 0.25) is 0 Å². The van der Waals surface area contributed by atoms with Crippen molar-refractivity contribution in [1.82, 2.24) is 0 Å². The monoisotopic (exact) mass is 499 g/mol. The summed E-state index contributed by atoms with van der Waals surface area (Å²) in [5.41, 5.74) is 1.20. The zero-order chi connectivity index (χ0) is 9.14. The van der Waals surface area contributed by atoms with E-state index < -0.39 is 0 Å². The van der Waals surface area contributed by atoms with Gasteiger partial charge in [0, 0.05) is 17.1 Å². The topological polar surface area (TPSA) is 19.9 Å². The number of hydrogen-bond donors (Lipinski definition) is 0. The van der Waals surface area contributed by atoms with Gasteiger partial charge in [0.15, 0.2) is 0 Å². The summed E-state index contributed by atoms with van der Waals surface area (Å²) in [6, 6.07) is 4.21. The largest absolute Gasteiger partial charge is 0.236 e. The lowest BCUT2D eigenvalue weighted by molar-refractivity contribution is 0.197. The molecule has 0 aliphatic rings. The van der Waals surface area contributed by atoms with Crippen molar-refractivity contribution in [3.05, 3.63) is 28.4 Å². The average molecular weight is 499 g/mol. The molecule has 65 valence electrons. The molecule has 0 aromatic heterocycles. The van der Waals surface area contributed by atoms with Crippen LogP contribution in [0.4, 0.5) is 0 Å². The second-order valence-corrected chi connectivity index (χ2v) is 5.87. The Hall–Kier alpha value is 1.37. The molecule has 1 nitrogen and oxygen atoms in total. The first kappa shape index (κ1) is 11.4. The molecule has 0 saturated heterocycles. The molecule has 1 aromatic rings. The number of halogens is 3. The fourth-order valence-electron chi connectivity index (χ4n) is 0.913. The van der Waals surface area contributed by atoms with Crippen LogP contribution in [0.25, 0.3) is 0 Å². The zero-order valence-corrected chi connectivity index (χ0v) is 12.6. The van der Waals surface area contributed by atoms with Gasteiger partial charge in [-0.1, -0.05) is 0 Å². The summed E-state index contributed by atoms with van der Waals surface area (Å²) in [7, 11) is 0. The van der Waals surface area contributed by atoms with Crippen molar-refractivity contribution in [2.45, 2.75) is 6.42 Å². The molecule has 0 saturated carbocycles. The maximum atomic E-state index is 10.5. The average Bonchev–Trinajstić information content (AvgIpc) is 1.96. The molecular formula is C8H6I3O. The van der Waals surface area contributed by atoms with Crippen LogP contribution >= 0.6 is 67.8 Å². The fourth-order valence-corrected chi connectivity index (χ4v) is 5.04. The van der Waals surface area contributed by atoms with Crippen LogP contribution in [0.5, 0.6) is 0 Å². The molecule has 0 spiro atoms. The van der Waals surface area contributed by atoms with E-state index in [4.69, 9.17) is 0 Å². The predicted octanol–water partition coefficient (Wildman–Crippen LogP) is 3.47. The summed E-state index contributed by atoms with van der Waals surface area (Å²) in [5, 5.41) is 10.5. The summed E-state index contributed by atoms with van der Waals surface area (Å²) >= 11 is 6.86. The molecule has 1 aromatic carbocycles. The molecule has 12 heavy (non-hydrogen) atoms. The summed E-state index contributed by atoms with van der Waals surface area (Å²) in [6.07, 6.45) is 0.646. The van der Waals surface area contributed by atoms with E-state index in [2.05, 4.69) is 79.9 Å². The van der Waals surface area contributed by atoms with E-state index in [1.165, 1.54) is 16.3 Å². The smallest absolute Gasteiger partial charge is 0.0863 e. The Labute approximate surface area is 113 Å². The van der Waals surface area contributed by atoms with Crippen LogP contribution in [-0.2, 0) is 11.5 Å². The Bertz CT molecular complexity index is 263. The molecule has 0 aliphatic heterocycles. The van der Waals surface area contributed by atoms with E-state index in [9.17, 15) is 5.11 Å². The van der Waals surface area contributed by atoms with Crippen LogP contribution in [0, 0.1) is 10.7 Å². The lowest BCUT2D eigenvalue weighted by atomic mass is 10.2. The molecule has 4 heteroatoms. The Morgan fingerprint density at radius 2 is 1.58 bits per heavy atom. The zero-order valence-electron chi connectivity index (χ0n) is 6.11. The van der Waals surface area contributed by atoms with Crippen molar-refractivity contribution in [3.8, 4) is 0 Å². The molecule has 0 unspecified atom stereocenters. The van der Waals surface area contributed by atoms with Crippen LogP contribution in [0.3, 0.4) is 0 Å². The van der Waals surface area contributed by atoms with Gasteiger partial charge in [-0.15, -0.1) is 0 Å². The van der Waals surface area contributed by atoms with Gasteiger partial charge in [-0.05, 0) is 85.5 Å². The lowest BCUT2D eigenvalue weighted by Crippen LogP contribution is -1.97. The van der Waals surface area contributed by atoms with E-state index in [-0.39, 0.29) is 6.61 Å². The minimum Gasteiger partial charge on any atom is -0.236 e. The van der Waals surface area contributed by atoms with Crippen molar-refractivity contribution in [3.63, 3.8) is 0 Å². The van der Waals surface area contributed by atoms with Crippen LogP contribution in [-0.4, -0.2) is 6.61 Å². The van der Waals surface area contributed by atoms with Gasteiger partial charge in [-0.3, -0.25) is 0 Å². The maximum Gasteiger partial charge on any atom is 0.0863 e. The molecule has 0 amide bonds. The first-order chi connectivity index (χ1) is 5.65. The summed E-state index contributed by atoms with van der Waals surface area (Å²) in [5.74, 6) is 0. The van der Waals surface area contributed by atoms with Gasteiger partial charge in [-0.25, -0.2) is 5.11 Å². The molecule has 1 radical (unpaired) electrons. The van der Waals surface area contributed by atoms with Gasteiger partial charge in [-0.2, -0.15) is 0 Å². The van der Waals surface area contributed by atoms with E-state index >= 15 is 0 Å². The highest BCUT2D eigenvalue weighted by molar-refractivity contribution is 14.1. The highest BCUT2D eigenvalue weighted by Crippen LogP contribution is 2.22. The summed E-state index contributed by atoms with van der Waals surface area (Å²) in [4.78, 5) is 0. The molecule has 0 fully saturated rings. The quantitative estimate of drug-likeness (QED) is 0.557. The standard InChI is InChI=1S/C8H6I3O/c9-5-3-7(10)6(1-2-12)8(11)4-5/h3-4H,1-2H2. The third-order valence-corrected chi connectivity index (χ3v) is 4.01. The van der Waals surface area contributed by atoms with Gasteiger partial charge in [0.25, 0.3) is 0 Å². The Balaban J connectivity index is 3.10. The van der Waals surface area contributed by atoms with Gasteiger partial charge >= 0.3 is 0 Å². The van der Waals surface area contributed by atoms with Crippen molar-refractivity contribution in [1.29, 1.82) is 0 Å².